The molecule has 1 aromatic carbocycles. The van der Waals surface area contributed by atoms with Crippen LogP contribution in [0.3, 0.4) is 0 Å². The highest BCUT2D eigenvalue weighted by molar-refractivity contribution is 6.31. The first-order valence-electron chi connectivity index (χ1n) is 6.30. The topological polar surface area (TPSA) is 29.9 Å². The van der Waals surface area contributed by atoms with Crippen LogP contribution in [-0.4, -0.2) is 15.8 Å². The second kappa shape index (κ2) is 5.91. The number of halogens is 1. The largest absolute Gasteiger partial charge is 0.381 e. The second-order valence-electron chi connectivity index (χ2n) is 4.27. The third-order valence-electron chi connectivity index (χ3n) is 3.06. The molecular weight excluding hydrogens is 246 g/mol. The van der Waals surface area contributed by atoms with Crippen molar-refractivity contribution in [2.75, 3.05) is 5.32 Å². The van der Waals surface area contributed by atoms with E-state index in [9.17, 15) is 0 Å². The molecule has 0 atom stereocenters. The standard InChI is InChI=1S/C14H18ClN3/c1-3-12(4-2)17-13-10-11(15)6-7-14(13)18-9-5-8-16-18/h5-10,12,17H,3-4H2,1-2H3. The van der Waals surface area contributed by atoms with Crippen LogP contribution in [0.5, 0.6) is 0 Å². The molecule has 0 aliphatic carbocycles. The first kappa shape index (κ1) is 13.0. The summed E-state index contributed by atoms with van der Waals surface area (Å²) < 4.78 is 1.85. The molecule has 4 heteroatoms. The quantitative estimate of drug-likeness (QED) is 0.879. The molecule has 1 heterocycles. The molecule has 0 amide bonds. The summed E-state index contributed by atoms with van der Waals surface area (Å²) in [7, 11) is 0. The molecule has 0 aliphatic rings. The van der Waals surface area contributed by atoms with Crippen molar-refractivity contribution in [1.29, 1.82) is 0 Å². The van der Waals surface area contributed by atoms with Gasteiger partial charge in [0.2, 0.25) is 0 Å². The first-order valence-corrected chi connectivity index (χ1v) is 6.68. The van der Waals surface area contributed by atoms with Crippen LogP contribution in [0.2, 0.25) is 5.02 Å². The van der Waals surface area contributed by atoms with Gasteiger partial charge in [-0.15, -0.1) is 0 Å². The molecule has 2 rings (SSSR count). The predicted octanol–water partition coefficient (Wildman–Crippen LogP) is 4.13. The van der Waals surface area contributed by atoms with Crippen LogP contribution in [0.1, 0.15) is 26.7 Å². The molecular formula is C14H18ClN3. The summed E-state index contributed by atoms with van der Waals surface area (Å²) in [5.74, 6) is 0. The molecule has 3 nitrogen and oxygen atoms in total. The SMILES string of the molecule is CCC(CC)Nc1cc(Cl)ccc1-n1cccn1. The van der Waals surface area contributed by atoms with Crippen molar-refractivity contribution < 1.29 is 0 Å². The molecule has 96 valence electrons. The zero-order valence-corrected chi connectivity index (χ0v) is 11.5. The van der Waals surface area contributed by atoms with Crippen LogP contribution in [0.25, 0.3) is 5.69 Å². The van der Waals surface area contributed by atoms with E-state index in [1.54, 1.807) is 6.20 Å². The normalized spacial score (nSPS) is 10.9. The van der Waals surface area contributed by atoms with Gasteiger partial charge in [0.15, 0.2) is 0 Å². The fraction of sp³-hybridized carbons (Fsp3) is 0.357. The highest BCUT2D eigenvalue weighted by atomic mass is 35.5. The number of nitrogens with zero attached hydrogens (tertiary/aromatic N) is 2. The van der Waals surface area contributed by atoms with Crippen LogP contribution in [0, 0.1) is 0 Å². The van der Waals surface area contributed by atoms with E-state index in [4.69, 9.17) is 11.6 Å². The Labute approximate surface area is 113 Å². The first-order chi connectivity index (χ1) is 8.74. The van der Waals surface area contributed by atoms with Crippen LogP contribution < -0.4 is 5.32 Å². The Morgan fingerprint density at radius 1 is 1.33 bits per heavy atom. The lowest BCUT2D eigenvalue weighted by Gasteiger charge is -2.19. The third kappa shape index (κ3) is 2.85. The lowest BCUT2D eigenvalue weighted by molar-refractivity contribution is 0.670. The van der Waals surface area contributed by atoms with Crippen molar-refractivity contribution in [1.82, 2.24) is 9.78 Å². The van der Waals surface area contributed by atoms with Gasteiger partial charge < -0.3 is 5.32 Å². The second-order valence-corrected chi connectivity index (χ2v) is 4.71. The van der Waals surface area contributed by atoms with E-state index >= 15 is 0 Å². The maximum absolute atomic E-state index is 6.08. The number of benzene rings is 1. The van der Waals surface area contributed by atoms with Gasteiger partial charge in [-0.2, -0.15) is 5.10 Å². The Bertz CT molecular complexity index is 490. The van der Waals surface area contributed by atoms with E-state index in [1.807, 2.05) is 35.1 Å². The molecule has 0 aliphatic heterocycles. The van der Waals surface area contributed by atoms with E-state index < -0.39 is 0 Å². The molecule has 0 saturated carbocycles. The molecule has 1 aromatic heterocycles. The molecule has 0 fully saturated rings. The highest BCUT2D eigenvalue weighted by Gasteiger charge is 2.09. The Hall–Kier alpha value is -1.48. The Balaban J connectivity index is 2.35. The Morgan fingerprint density at radius 2 is 2.11 bits per heavy atom. The van der Waals surface area contributed by atoms with Crippen molar-refractivity contribution in [3.63, 3.8) is 0 Å². The fourth-order valence-corrected chi connectivity index (χ4v) is 2.12. The number of rotatable bonds is 5. The average molecular weight is 264 g/mol. The minimum Gasteiger partial charge on any atom is -0.381 e. The minimum atomic E-state index is 0.456. The van der Waals surface area contributed by atoms with Crippen molar-refractivity contribution >= 4 is 17.3 Å². The Morgan fingerprint density at radius 3 is 2.72 bits per heavy atom. The van der Waals surface area contributed by atoms with E-state index in [0.717, 1.165) is 29.2 Å². The summed E-state index contributed by atoms with van der Waals surface area (Å²) in [5, 5.41) is 8.54. The maximum Gasteiger partial charge on any atom is 0.0877 e. The van der Waals surface area contributed by atoms with Gasteiger partial charge in [-0.25, -0.2) is 4.68 Å². The van der Waals surface area contributed by atoms with E-state index in [1.165, 1.54) is 0 Å². The van der Waals surface area contributed by atoms with Crippen LogP contribution in [0.15, 0.2) is 36.7 Å². The van der Waals surface area contributed by atoms with Gasteiger partial charge in [0, 0.05) is 23.5 Å². The molecule has 0 radical (unpaired) electrons. The number of anilines is 1. The molecule has 2 aromatic rings. The molecule has 0 bridgehead atoms. The van der Waals surface area contributed by atoms with Crippen LogP contribution in [0.4, 0.5) is 5.69 Å². The molecule has 0 saturated heterocycles. The van der Waals surface area contributed by atoms with Gasteiger partial charge in [-0.05, 0) is 37.1 Å². The van der Waals surface area contributed by atoms with Crippen LogP contribution in [-0.2, 0) is 0 Å². The number of aromatic nitrogens is 2. The van der Waals surface area contributed by atoms with Gasteiger partial charge in [-0.3, -0.25) is 0 Å². The summed E-state index contributed by atoms with van der Waals surface area (Å²) in [6.45, 7) is 4.36. The van der Waals surface area contributed by atoms with Crippen LogP contribution >= 0.6 is 11.6 Å². The summed E-state index contributed by atoms with van der Waals surface area (Å²) >= 11 is 6.08. The van der Waals surface area contributed by atoms with E-state index in [2.05, 4.69) is 24.3 Å². The summed E-state index contributed by atoms with van der Waals surface area (Å²) in [6, 6.07) is 8.20. The Kier molecular flexibility index (Phi) is 4.26. The number of nitrogens with one attached hydrogen (secondary N) is 1. The lowest BCUT2D eigenvalue weighted by atomic mass is 10.1. The lowest BCUT2D eigenvalue weighted by Crippen LogP contribution is -2.18. The summed E-state index contributed by atoms with van der Waals surface area (Å²) in [4.78, 5) is 0. The zero-order chi connectivity index (χ0) is 13.0. The van der Waals surface area contributed by atoms with Gasteiger partial charge in [-0.1, -0.05) is 25.4 Å². The van der Waals surface area contributed by atoms with Crippen molar-refractivity contribution in [2.45, 2.75) is 32.7 Å². The van der Waals surface area contributed by atoms with Gasteiger partial charge in [0.05, 0.1) is 11.4 Å². The summed E-state index contributed by atoms with van der Waals surface area (Å²) in [5.41, 5.74) is 2.05. The molecule has 0 unspecified atom stereocenters. The van der Waals surface area contributed by atoms with Crippen molar-refractivity contribution in [3.8, 4) is 5.69 Å². The monoisotopic (exact) mass is 263 g/mol. The zero-order valence-electron chi connectivity index (χ0n) is 10.7. The third-order valence-corrected chi connectivity index (χ3v) is 3.29. The highest BCUT2D eigenvalue weighted by Crippen LogP contribution is 2.25. The molecule has 1 N–H and O–H groups in total. The minimum absolute atomic E-state index is 0.456. The van der Waals surface area contributed by atoms with Gasteiger partial charge in [0.25, 0.3) is 0 Å². The maximum atomic E-state index is 6.08. The summed E-state index contributed by atoms with van der Waals surface area (Å²) in [6.07, 6.45) is 5.87. The predicted molar refractivity (Wildman–Crippen MR) is 76.6 cm³/mol. The molecule has 0 spiro atoms. The van der Waals surface area contributed by atoms with Crippen molar-refractivity contribution in [2.24, 2.45) is 0 Å². The van der Waals surface area contributed by atoms with E-state index in [-0.39, 0.29) is 0 Å². The fourth-order valence-electron chi connectivity index (χ4n) is 1.95. The van der Waals surface area contributed by atoms with Crippen molar-refractivity contribution in [3.05, 3.63) is 41.7 Å². The number of hydrogen-bond acceptors (Lipinski definition) is 2. The number of hydrogen-bond donors (Lipinski definition) is 1. The van der Waals surface area contributed by atoms with Gasteiger partial charge >= 0.3 is 0 Å². The molecule has 18 heavy (non-hydrogen) atoms. The smallest absolute Gasteiger partial charge is 0.0877 e. The van der Waals surface area contributed by atoms with E-state index in [0.29, 0.717) is 6.04 Å². The van der Waals surface area contributed by atoms with Gasteiger partial charge in [0.1, 0.15) is 0 Å². The average Bonchev–Trinajstić information content (AvgIpc) is 2.89.